The summed E-state index contributed by atoms with van der Waals surface area (Å²) in [6, 6.07) is 12.8. The molecule has 110 valence electrons. The molecule has 7 heteroatoms. The number of aromatic amines is 1. The van der Waals surface area contributed by atoms with Crippen molar-refractivity contribution in [2.75, 3.05) is 0 Å². The number of nitrogens with one attached hydrogen (secondary N) is 1. The summed E-state index contributed by atoms with van der Waals surface area (Å²) in [6.45, 7) is 0. The number of nitrogens with zero attached hydrogens (tertiary/aromatic N) is 2. The molecule has 3 aromatic rings. The molecule has 0 aliphatic heterocycles. The van der Waals surface area contributed by atoms with Crippen molar-refractivity contribution >= 4 is 17.3 Å². The van der Waals surface area contributed by atoms with Crippen LogP contribution in [0, 0.1) is 10.1 Å². The first-order valence-corrected chi connectivity index (χ1v) is 6.76. The second kappa shape index (κ2) is 5.50. The molecular weight excluding hydrogens is 306 g/mol. The molecule has 0 bridgehead atoms. The van der Waals surface area contributed by atoms with Gasteiger partial charge in [0, 0.05) is 28.9 Å². The van der Waals surface area contributed by atoms with Gasteiger partial charge in [-0.05, 0) is 12.1 Å². The molecule has 0 saturated carbocycles. The van der Waals surface area contributed by atoms with Gasteiger partial charge in [0.05, 0.1) is 16.2 Å². The Morgan fingerprint density at radius 2 is 1.86 bits per heavy atom. The van der Waals surface area contributed by atoms with Crippen LogP contribution < -0.4 is 5.56 Å². The lowest BCUT2D eigenvalue weighted by Crippen LogP contribution is -2.15. The fourth-order valence-electron chi connectivity index (χ4n) is 2.18. The molecule has 0 amide bonds. The molecule has 3 rings (SSSR count). The summed E-state index contributed by atoms with van der Waals surface area (Å²) < 4.78 is 1.24. The highest BCUT2D eigenvalue weighted by Crippen LogP contribution is 2.25. The van der Waals surface area contributed by atoms with Crippen LogP contribution in [0.15, 0.2) is 59.5 Å². The molecule has 0 fully saturated rings. The van der Waals surface area contributed by atoms with E-state index in [1.165, 1.54) is 29.1 Å². The zero-order valence-corrected chi connectivity index (χ0v) is 11.9. The maximum absolute atomic E-state index is 12.5. The molecule has 0 spiro atoms. The van der Waals surface area contributed by atoms with Gasteiger partial charge < -0.3 is 0 Å². The molecule has 22 heavy (non-hydrogen) atoms. The molecule has 0 unspecified atom stereocenters. The second-order valence-corrected chi connectivity index (χ2v) is 4.99. The molecule has 1 heterocycles. The zero-order chi connectivity index (χ0) is 15.7. The van der Waals surface area contributed by atoms with Gasteiger partial charge in [0.25, 0.3) is 11.2 Å². The first kappa shape index (κ1) is 14.1. The third-order valence-electron chi connectivity index (χ3n) is 3.23. The Balaban J connectivity index is 2.12. The SMILES string of the molecule is O=c1c(-c2ccccc2Cl)c[nH]n1-c1cccc([N+](=O)[O-])c1. The average molecular weight is 316 g/mol. The average Bonchev–Trinajstić information content (AvgIpc) is 2.89. The number of halogens is 1. The van der Waals surface area contributed by atoms with E-state index in [-0.39, 0.29) is 11.2 Å². The third kappa shape index (κ3) is 2.40. The van der Waals surface area contributed by atoms with E-state index < -0.39 is 4.92 Å². The van der Waals surface area contributed by atoms with Gasteiger partial charge in [0.15, 0.2) is 0 Å². The number of non-ortho nitro benzene ring substituents is 1. The Labute approximate surface area is 129 Å². The minimum atomic E-state index is -0.507. The van der Waals surface area contributed by atoms with E-state index in [0.717, 1.165) is 0 Å². The van der Waals surface area contributed by atoms with Crippen molar-refractivity contribution in [3.63, 3.8) is 0 Å². The van der Waals surface area contributed by atoms with E-state index in [2.05, 4.69) is 5.10 Å². The number of nitro benzene ring substituents is 1. The van der Waals surface area contributed by atoms with Crippen molar-refractivity contribution in [3.05, 3.63) is 80.2 Å². The van der Waals surface area contributed by atoms with Crippen LogP contribution in [0.1, 0.15) is 0 Å². The Bertz CT molecular complexity index is 914. The molecule has 0 radical (unpaired) electrons. The monoisotopic (exact) mass is 315 g/mol. The summed E-state index contributed by atoms with van der Waals surface area (Å²) in [7, 11) is 0. The molecule has 1 N–H and O–H groups in total. The minimum Gasteiger partial charge on any atom is -0.298 e. The van der Waals surface area contributed by atoms with E-state index >= 15 is 0 Å². The van der Waals surface area contributed by atoms with Crippen LogP contribution in [0.4, 0.5) is 5.69 Å². The lowest BCUT2D eigenvalue weighted by Gasteiger charge is -2.01. The lowest BCUT2D eigenvalue weighted by atomic mass is 10.1. The zero-order valence-electron chi connectivity index (χ0n) is 11.2. The number of hydrogen-bond acceptors (Lipinski definition) is 3. The molecule has 6 nitrogen and oxygen atoms in total. The third-order valence-corrected chi connectivity index (χ3v) is 3.56. The molecule has 0 aliphatic carbocycles. The fraction of sp³-hybridized carbons (Fsp3) is 0. The summed E-state index contributed by atoms with van der Waals surface area (Å²) in [5.41, 5.74) is 0.982. The number of aromatic nitrogens is 2. The normalized spacial score (nSPS) is 10.6. The number of H-pyrrole nitrogens is 1. The summed E-state index contributed by atoms with van der Waals surface area (Å²) in [5, 5.41) is 14.1. The van der Waals surface area contributed by atoms with Gasteiger partial charge in [-0.25, -0.2) is 4.68 Å². The van der Waals surface area contributed by atoms with E-state index in [1.807, 2.05) is 0 Å². The maximum atomic E-state index is 12.5. The highest BCUT2D eigenvalue weighted by molar-refractivity contribution is 6.33. The molecule has 0 aliphatic rings. The predicted molar refractivity (Wildman–Crippen MR) is 83.5 cm³/mol. The van der Waals surface area contributed by atoms with Crippen molar-refractivity contribution in [1.82, 2.24) is 9.78 Å². The quantitative estimate of drug-likeness (QED) is 0.594. The first-order valence-electron chi connectivity index (χ1n) is 6.38. The van der Waals surface area contributed by atoms with Gasteiger partial charge >= 0.3 is 0 Å². The minimum absolute atomic E-state index is 0.0849. The first-order chi connectivity index (χ1) is 10.6. The Hall–Kier alpha value is -2.86. The molecule has 1 aromatic heterocycles. The molecule has 2 aromatic carbocycles. The van der Waals surface area contributed by atoms with E-state index in [0.29, 0.717) is 21.8 Å². The molecule has 0 saturated heterocycles. The Morgan fingerprint density at radius 1 is 1.09 bits per heavy atom. The lowest BCUT2D eigenvalue weighted by molar-refractivity contribution is -0.384. The summed E-state index contributed by atoms with van der Waals surface area (Å²) in [5.74, 6) is 0. The number of rotatable bonds is 3. The van der Waals surface area contributed by atoms with Crippen molar-refractivity contribution in [2.24, 2.45) is 0 Å². The summed E-state index contributed by atoms with van der Waals surface area (Å²) in [4.78, 5) is 22.8. The maximum Gasteiger partial charge on any atom is 0.279 e. The van der Waals surface area contributed by atoms with Crippen LogP contribution in [0.5, 0.6) is 0 Å². The summed E-state index contributed by atoms with van der Waals surface area (Å²) >= 11 is 6.10. The van der Waals surface area contributed by atoms with Crippen LogP contribution in [0.25, 0.3) is 16.8 Å². The van der Waals surface area contributed by atoms with E-state index in [9.17, 15) is 14.9 Å². The topological polar surface area (TPSA) is 80.9 Å². The van der Waals surface area contributed by atoms with Gasteiger partial charge in [0.1, 0.15) is 0 Å². The number of hydrogen-bond donors (Lipinski definition) is 1. The molecule has 0 atom stereocenters. The van der Waals surface area contributed by atoms with Crippen molar-refractivity contribution < 1.29 is 4.92 Å². The van der Waals surface area contributed by atoms with E-state index in [1.54, 1.807) is 30.3 Å². The van der Waals surface area contributed by atoms with Gasteiger partial charge in [-0.1, -0.05) is 35.9 Å². The number of nitro groups is 1. The Morgan fingerprint density at radius 3 is 2.59 bits per heavy atom. The molecular formula is C15H10ClN3O3. The van der Waals surface area contributed by atoms with Crippen LogP contribution in [0.2, 0.25) is 5.02 Å². The van der Waals surface area contributed by atoms with Crippen molar-refractivity contribution in [2.45, 2.75) is 0 Å². The smallest absolute Gasteiger partial charge is 0.279 e. The van der Waals surface area contributed by atoms with Crippen LogP contribution in [-0.4, -0.2) is 14.7 Å². The predicted octanol–water partition coefficient (Wildman–Crippen LogP) is 3.39. The highest BCUT2D eigenvalue weighted by Gasteiger charge is 2.14. The van der Waals surface area contributed by atoms with Crippen molar-refractivity contribution in [1.29, 1.82) is 0 Å². The summed E-state index contributed by atoms with van der Waals surface area (Å²) in [6.07, 6.45) is 1.53. The fourth-order valence-corrected chi connectivity index (χ4v) is 2.42. The van der Waals surface area contributed by atoms with Crippen LogP contribution in [0.3, 0.4) is 0 Å². The van der Waals surface area contributed by atoms with E-state index in [4.69, 9.17) is 11.6 Å². The highest BCUT2D eigenvalue weighted by atomic mass is 35.5. The Kier molecular flexibility index (Phi) is 3.52. The van der Waals surface area contributed by atoms with Gasteiger partial charge in [-0.2, -0.15) is 0 Å². The van der Waals surface area contributed by atoms with Crippen LogP contribution in [-0.2, 0) is 0 Å². The van der Waals surface area contributed by atoms with Gasteiger partial charge in [0.2, 0.25) is 0 Å². The van der Waals surface area contributed by atoms with Crippen molar-refractivity contribution in [3.8, 4) is 16.8 Å². The van der Waals surface area contributed by atoms with Crippen LogP contribution >= 0.6 is 11.6 Å². The van der Waals surface area contributed by atoms with Gasteiger partial charge in [-0.3, -0.25) is 20.0 Å². The van der Waals surface area contributed by atoms with Gasteiger partial charge in [-0.15, -0.1) is 0 Å². The second-order valence-electron chi connectivity index (χ2n) is 4.58. The number of benzene rings is 2. The standard InChI is InChI=1S/C15H10ClN3O3/c16-14-7-2-1-6-12(14)13-9-17-18(15(13)20)10-4-3-5-11(8-10)19(21)22/h1-9,17H. The largest absolute Gasteiger partial charge is 0.298 e.